The van der Waals surface area contributed by atoms with E-state index in [0.29, 0.717) is 22.9 Å². The van der Waals surface area contributed by atoms with E-state index in [-0.39, 0.29) is 22.8 Å². The van der Waals surface area contributed by atoms with Gasteiger partial charge >= 0.3 is 0 Å². The predicted octanol–water partition coefficient (Wildman–Crippen LogP) is 6.06. The van der Waals surface area contributed by atoms with E-state index < -0.39 is 0 Å². The Balaban J connectivity index is 1.52. The lowest BCUT2D eigenvalue weighted by Gasteiger charge is -2.15. The quantitative estimate of drug-likeness (QED) is 0.365. The lowest BCUT2D eigenvalue weighted by molar-refractivity contribution is -0.120. The summed E-state index contributed by atoms with van der Waals surface area (Å²) in [6.07, 6.45) is 1.02. The van der Waals surface area contributed by atoms with Gasteiger partial charge in [0.15, 0.2) is 5.11 Å². The number of nitrogens with one attached hydrogen (secondary N) is 3. The third kappa shape index (κ3) is 7.25. The van der Waals surface area contributed by atoms with E-state index in [2.05, 4.69) is 41.9 Å². The van der Waals surface area contributed by atoms with Crippen LogP contribution >= 0.6 is 12.2 Å². The Kier molecular flexibility index (Phi) is 8.55. The van der Waals surface area contributed by atoms with Gasteiger partial charge in [-0.05, 0) is 85.9 Å². The SMILES string of the molecule is Cc1cccc(C(=O)Nc2ccc(NC(=S)NC(=O)C(C)c3ccc(CC(C)C)cc3)cc2)c1. The van der Waals surface area contributed by atoms with Gasteiger partial charge in [-0.1, -0.05) is 55.8 Å². The first kappa shape index (κ1) is 25.1. The van der Waals surface area contributed by atoms with Crippen molar-refractivity contribution < 1.29 is 9.59 Å². The van der Waals surface area contributed by atoms with Gasteiger partial charge in [0.25, 0.3) is 5.91 Å². The van der Waals surface area contributed by atoms with Crippen LogP contribution in [0.5, 0.6) is 0 Å². The van der Waals surface area contributed by atoms with Gasteiger partial charge in [0, 0.05) is 16.9 Å². The molecule has 1 atom stereocenters. The van der Waals surface area contributed by atoms with E-state index >= 15 is 0 Å². The maximum atomic E-state index is 12.7. The van der Waals surface area contributed by atoms with Gasteiger partial charge in [0.05, 0.1) is 5.92 Å². The van der Waals surface area contributed by atoms with Gasteiger partial charge in [-0.25, -0.2) is 0 Å². The molecule has 0 aliphatic carbocycles. The third-order valence-corrected chi connectivity index (χ3v) is 5.64. The second-order valence-electron chi connectivity index (χ2n) is 8.91. The van der Waals surface area contributed by atoms with Crippen LogP contribution in [-0.2, 0) is 11.2 Å². The fourth-order valence-corrected chi connectivity index (χ4v) is 3.79. The van der Waals surface area contributed by atoms with E-state index in [1.807, 2.05) is 44.2 Å². The minimum Gasteiger partial charge on any atom is -0.332 e. The fraction of sp³-hybridized carbons (Fsp3) is 0.250. The van der Waals surface area contributed by atoms with E-state index in [4.69, 9.17) is 12.2 Å². The Morgan fingerprint density at radius 1 is 0.853 bits per heavy atom. The summed E-state index contributed by atoms with van der Waals surface area (Å²) in [5, 5.41) is 8.88. The van der Waals surface area contributed by atoms with Crippen molar-refractivity contribution in [2.24, 2.45) is 5.92 Å². The molecule has 34 heavy (non-hydrogen) atoms. The smallest absolute Gasteiger partial charge is 0.255 e. The minimum atomic E-state index is -0.327. The first-order valence-corrected chi connectivity index (χ1v) is 11.8. The Labute approximate surface area is 207 Å². The molecule has 2 amide bonds. The number of hydrogen-bond acceptors (Lipinski definition) is 3. The maximum Gasteiger partial charge on any atom is 0.255 e. The summed E-state index contributed by atoms with van der Waals surface area (Å²) >= 11 is 5.32. The van der Waals surface area contributed by atoms with Crippen LogP contribution in [0.1, 0.15) is 53.7 Å². The molecule has 5 nitrogen and oxygen atoms in total. The number of carbonyl (C=O) groups excluding carboxylic acids is 2. The van der Waals surface area contributed by atoms with Crippen LogP contribution < -0.4 is 16.0 Å². The van der Waals surface area contributed by atoms with Gasteiger partial charge < -0.3 is 16.0 Å². The maximum absolute atomic E-state index is 12.7. The Morgan fingerprint density at radius 2 is 1.47 bits per heavy atom. The van der Waals surface area contributed by atoms with Crippen molar-refractivity contribution in [2.75, 3.05) is 10.6 Å². The summed E-state index contributed by atoms with van der Waals surface area (Å²) in [6, 6.07) is 22.7. The number of anilines is 2. The van der Waals surface area contributed by atoms with Crippen LogP contribution in [0, 0.1) is 12.8 Å². The van der Waals surface area contributed by atoms with Gasteiger partial charge in [-0.3, -0.25) is 9.59 Å². The van der Waals surface area contributed by atoms with Crippen LogP contribution in [0.25, 0.3) is 0 Å². The molecule has 0 aromatic heterocycles. The minimum absolute atomic E-state index is 0.168. The van der Waals surface area contributed by atoms with Gasteiger partial charge in [0.2, 0.25) is 5.91 Å². The molecule has 0 bridgehead atoms. The van der Waals surface area contributed by atoms with Crippen molar-refractivity contribution in [3.63, 3.8) is 0 Å². The molecule has 0 aliphatic heterocycles. The zero-order valence-electron chi connectivity index (χ0n) is 20.0. The summed E-state index contributed by atoms with van der Waals surface area (Å²) in [7, 11) is 0. The highest BCUT2D eigenvalue weighted by Crippen LogP contribution is 2.19. The van der Waals surface area contributed by atoms with Crippen LogP contribution in [0.2, 0.25) is 0 Å². The first-order valence-electron chi connectivity index (χ1n) is 11.4. The highest BCUT2D eigenvalue weighted by Gasteiger charge is 2.16. The molecule has 0 radical (unpaired) electrons. The summed E-state index contributed by atoms with van der Waals surface area (Å²) in [5.41, 5.74) is 5.23. The lowest BCUT2D eigenvalue weighted by Crippen LogP contribution is -2.36. The number of aryl methyl sites for hydroxylation is 1. The van der Waals surface area contributed by atoms with E-state index in [1.54, 1.807) is 30.3 Å². The van der Waals surface area contributed by atoms with E-state index in [9.17, 15) is 9.59 Å². The first-order chi connectivity index (χ1) is 16.2. The van der Waals surface area contributed by atoms with E-state index in [0.717, 1.165) is 17.5 Å². The number of hydrogen-bond donors (Lipinski definition) is 3. The molecule has 0 aliphatic rings. The molecule has 0 saturated carbocycles. The van der Waals surface area contributed by atoms with Gasteiger partial charge in [-0.15, -0.1) is 0 Å². The van der Waals surface area contributed by atoms with Crippen molar-refractivity contribution in [2.45, 2.75) is 40.0 Å². The number of amides is 2. The fourth-order valence-electron chi connectivity index (χ4n) is 3.57. The molecule has 0 heterocycles. The summed E-state index contributed by atoms with van der Waals surface area (Å²) < 4.78 is 0. The molecule has 3 aromatic carbocycles. The number of benzene rings is 3. The Morgan fingerprint density at radius 3 is 2.06 bits per heavy atom. The molecular weight excluding hydrogens is 442 g/mol. The number of thiocarbonyl (C=S) groups is 1. The third-order valence-electron chi connectivity index (χ3n) is 5.43. The number of carbonyl (C=O) groups is 2. The van der Waals surface area contributed by atoms with Crippen LogP contribution in [0.3, 0.4) is 0 Å². The molecule has 3 rings (SSSR count). The average Bonchev–Trinajstić information content (AvgIpc) is 2.80. The summed E-state index contributed by atoms with van der Waals surface area (Å²) in [6.45, 7) is 8.18. The normalized spacial score (nSPS) is 11.6. The Hall–Kier alpha value is -3.51. The largest absolute Gasteiger partial charge is 0.332 e. The topological polar surface area (TPSA) is 70.2 Å². The van der Waals surface area contributed by atoms with E-state index in [1.165, 1.54) is 5.56 Å². The lowest BCUT2D eigenvalue weighted by atomic mass is 9.96. The van der Waals surface area contributed by atoms with Crippen molar-refractivity contribution in [1.29, 1.82) is 0 Å². The second-order valence-corrected chi connectivity index (χ2v) is 9.31. The highest BCUT2D eigenvalue weighted by molar-refractivity contribution is 7.80. The summed E-state index contributed by atoms with van der Waals surface area (Å²) in [4.78, 5) is 25.1. The van der Waals surface area contributed by atoms with Gasteiger partial charge in [-0.2, -0.15) is 0 Å². The van der Waals surface area contributed by atoms with Crippen LogP contribution in [-0.4, -0.2) is 16.9 Å². The van der Waals surface area contributed by atoms with Crippen molar-refractivity contribution in [1.82, 2.24) is 5.32 Å². The van der Waals surface area contributed by atoms with Crippen LogP contribution in [0.15, 0.2) is 72.8 Å². The number of rotatable bonds is 7. The molecule has 0 saturated heterocycles. The monoisotopic (exact) mass is 473 g/mol. The van der Waals surface area contributed by atoms with Crippen LogP contribution in [0.4, 0.5) is 11.4 Å². The second kappa shape index (κ2) is 11.6. The van der Waals surface area contributed by atoms with Gasteiger partial charge in [0.1, 0.15) is 0 Å². The molecule has 1 unspecified atom stereocenters. The zero-order chi connectivity index (χ0) is 24.7. The molecular formula is C28H31N3O2S. The van der Waals surface area contributed by atoms with Crippen molar-refractivity contribution >= 4 is 40.5 Å². The standard InChI is InChI=1S/C28H31N3O2S/c1-18(2)16-21-8-10-22(11-9-21)20(4)26(32)31-28(34)30-25-14-12-24(13-15-25)29-27(33)23-7-5-6-19(3)17-23/h5-15,17-18,20H,16H2,1-4H3,(H,29,33)(H2,30,31,32,34). The molecule has 6 heteroatoms. The highest BCUT2D eigenvalue weighted by atomic mass is 32.1. The predicted molar refractivity (Wildman–Crippen MR) is 143 cm³/mol. The van der Waals surface area contributed by atoms with Crippen molar-refractivity contribution in [3.8, 4) is 0 Å². The molecule has 3 aromatic rings. The Bertz CT molecular complexity index is 1160. The average molecular weight is 474 g/mol. The molecule has 0 spiro atoms. The molecule has 3 N–H and O–H groups in total. The van der Waals surface area contributed by atoms with Crippen molar-refractivity contribution in [3.05, 3.63) is 95.1 Å². The molecule has 176 valence electrons. The summed E-state index contributed by atoms with van der Waals surface area (Å²) in [5.74, 6) is -0.0740. The molecule has 0 fully saturated rings. The zero-order valence-corrected chi connectivity index (χ0v) is 20.8.